The molecule has 0 aromatic heterocycles. The summed E-state index contributed by atoms with van der Waals surface area (Å²) >= 11 is 0. The van der Waals surface area contributed by atoms with Crippen LogP contribution in [-0.2, 0) is 14.3 Å². The number of primary amides is 1. The van der Waals surface area contributed by atoms with Crippen LogP contribution in [0.2, 0.25) is 0 Å². The third kappa shape index (κ3) is 3.34. The lowest BCUT2D eigenvalue weighted by Crippen LogP contribution is -2.22. The number of carbonyl (C=O) groups is 1. The highest BCUT2D eigenvalue weighted by molar-refractivity contribution is 5.74. The second-order valence-corrected chi connectivity index (χ2v) is 2.62. The number of amides is 1. The molecule has 1 saturated heterocycles. The van der Waals surface area contributed by atoms with Crippen molar-refractivity contribution in [1.29, 1.82) is 0 Å². The second-order valence-electron chi connectivity index (χ2n) is 2.62. The predicted octanol–water partition coefficient (Wildman–Crippen LogP) is -0.333. The van der Waals surface area contributed by atoms with Crippen molar-refractivity contribution < 1.29 is 14.3 Å². The Bertz CT molecular complexity index is 132. The molecular weight excluding hydrogens is 146 g/mol. The molecule has 4 heteroatoms. The number of rotatable bonds is 4. The Hall–Kier alpha value is -0.610. The van der Waals surface area contributed by atoms with E-state index >= 15 is 0 Å². The molecule has 1 unspecified atom stereocenters. The first-order chi connectivity index (χ1) is 5.29. The first kappa shape index (κ1) is 8.49. The zero-order valence-corrected chi connectivity index (χ0v) is 6.41. The summed E-state index contributed by atoms with van der Waals surface area (Å²) in [6.45, 7) is 1.30. The van der Waals surface area contributed by atoms with Gasteiger partial charge < -0.3 is 15.2 Å². The molecule has 1 aliphatic rings. The summed E-state index contributed by atoms with van der Waals surface area (Å²) in [6.07, 6.45) is 2.29. The fourth-order valence-electron chi connectivity index (χ4n) is 1.07. The Morgan fingerprint density at radius 3 is 3.09 bits per heavy atom. The van der Waals surface area contributed by atoms with E-state index in [-0.39, 0.29) is 12.7 Å². The summed E-state index contributed by atoms with van der Waals surface area (Å²) in [7, 11) is 0. The van der Waals surface area contributed by atoms with Crippen LogP contribution in [0, 0.1) is 0 Å². The van der Waals surface area contributed by atoms with E-state index in [2.05, 4.69) is 0 Å². The van der Waals surface area contributed by atoms with Crippen molar-refractivity contribution in [1.82, 2.24) is 0 Å². The van der Waals surface area contributed by atoms with Crippen LogP contribution in [0.5, 0.6) is 0 Å². The van der Waals surface area contributed by atoms with Gasteiger partial charge in [0.1, 0.15) is 6.61 Å². The molecule has 64 valence electrons. The maximum atomic E-state index is 10.2. The first-order valence-corrected chi connectivity index (χ1v) is 3.76. The summed E-state index contributed by atoms with van der Waals surface area (Å²) in [5, 5.41) is 0. The van der Waals surface area contributed by atoms with E-state index in [4.69, 9.17) is 15.2 Å². The molecule has 1 amide bonds. The summed E-state index contributed by atoms with van der Waals surface area (Å²) in [4.78, 5) is 10.2. The predicted molar refractivity (Wildman–Crippen MR) is 39.0 cm³/mol. The van der Waals surface area contributed by atoms with Gasteiger partial charge in [-0.2, -0.15) is 0 Å². The standard InChI is InChI=1S/C7H13NO3/c8-7(9)5-10-4-6-2-1-3-11-6/h6H,1-5H2,(H2,8,9). The van der Waals surface area contributed by atoms with Gasteiger partial charge in [0, 0.05) is 6.61 Å². The van der Waals surface area contributed by atoms with Crippen LogP contribution < -0.4 is 5.73 Å². The van der Waals surface area contributed by atoms with Crippen molar-refractivity contribution in [3.05, 3.63) is 0 Å². The Morgan fingerprint density at radius 1 is 1.73 bits per heavy atom. The monoisotopic (exact) mass is 159 g/mol. The fraction of sp³-hybridized carbons (Fsp3) is 0.857. The third-order valence-corrected chi connectivity index (χ3v) is 1.57. The van der Waals surface area contributed by atoms with Crippen molar-refractivity contribution >= 4 is 5.91 Å². The van der Waals surface area contributed by atoms with Gasteiger partial charge in [0.15, 0.2) is 0 Å². The van der Waals surface area contributed by atoms with E-state index in [0.717, 1.165) is 19.4 Å². The Morgan fingerprint density at radius 2 is 2.55 bits per heavy atom. The molecule has 1 aliphatic heterocycles. The largest absolute Gasteiger partial charge is 0.376 e. The van der Waals surface area contributed by atoms with Gasteiger partial charge in [0.25, 0.3) is 0 Å². The van der Waals surface area contributed by atoms with Crippen LogP contribution in [0.1, 0.15) is 12.8 Å². The lowest BCUT2D eigenvalue weighted by atomic mass is 10.2. The molecule has 1 rings (SSSR count). The van der Waals surface area contributed by atoms with Gasteiger partial charge in [-0.05, 0) is 12.8 Å². The second kappa shape index (κ2) is 4.31. The Balaban J connectivity index is 1.98. The average Bonchev–Trinajstić information content (AvgIpc) is 2.39. The SMILES string of the molecule is NC(=O)COCC1CCCO1. The highest BCUT2D eigenvalue weighted by atomic mass is 16.5. The first-order valence-electron chi connectivity index (χ1n) is 3.76. The molecular formula is C7H13NO3. The van der Waals surface area contributed by atoms with Gasteiger partial charge in [-0.1, -0.05) is 0 Å². The van der Waals surface area contributed by atoms with Crippen LogP contribution in [0.15, 0.2) is 0 Å². The Kier molecular flexibility index (Phi) is 3.32. The summed E-state index contributed by atoms with van der Waals surface area (Å²) in [5.41, 5.74) is 4.87. The van der Waals surface area contributed by atoms with E-state index in [1.165, 1.54) is 0 Å². The molecule has 11 heavy (non-hydrogen) atoms. The lowest BCUT2D eigenvalue weighted by molar-refractivity contribution is -0.123. The van der Waals surface area contributed by atoms with Crippen molar-refractivity contribution in [2.24, 2.45) is 5.73 Å². The molecule has 0 radical (unpaired) electrons. The quantitative estimate of drug-likeness (QED) is 0.610. The minimum atomic E-state index is -0.428. The smallest absolute Gasteiger partial charge is 0.243 e. The number of hydrogen-bond donors (Lipinski definition) is 1. The molecule has 0 aromatic rings. The minimum absolute atomic E-state index is 0.000139. The third-order valence-electron chi connectivity index (χ3n) is 1.57. The molecule has 0 aliphatic carbocycles. The summed E-state index contributed by atoms with van der Waals surface area (Å²) < 4.78 is 10.2. The molecule has 1 atom stereocenters. The van der Waals surface area contributed by atoms with E-state index in [1.807, 2.05) is 0 Å². The van der Waals surface area contributed by atoms with E-state index in [9.17, 15) is 4.79 Å². The summed E-state index contributed by atoms with van der Waals surface area (Å²) in [6, 6.07) is 0. The van der Waals surface area contributed by atoms with Crippen LogP contribution in [0.4, 0.5) is 0 Å². The number of carbonyl (C=O) groups excluding carboxylic acids is 1. The van der Waals surface area contributed by atoms with Crippen molar-refractivity contribution in [3.8, 4) is 0 Å². The van der Waals surface area contributed by atoms with Crippen LogP contribution in [-0.4, -0.2) is 31.8 Å². The normalized spacial score (nSPS) is 23.8. The molecule has 4 nitrogen and oxygen atoms in total. The van der Waals surface area contributed by atoms with Crippen LogP contribution in [0.25, 0.3) is 0 Å². The van der Waals surface area contributed by atoms with Gasteiger partial charge in [-0.15, -0.1) is 0 Å². The van der Waals surface area contributed by atoms with Gasteiger partial charge in [0.2, 0.25) is 5.91 Å². The van der Waals surface area contributed by atoms with Gasteiger partial charge in [-0.25, -0.2) is 0 Å². The van der Waals surface area contributed by atoms with Crippen LogP contribution in [0.3, 0.4) is 0 Å². The maximum Gasteiger partial charge on any atom is 0.243 e. The molecule has 1 heterocycles. The molecule has 0 aromatic carbocycles. The number of hydrogen-bond acceptors (Lipinski definition) is 3. The zero-order chi connectivity index (χ0) is 8.10. The van der Waals surface area contributed by atoms with Gasteiger partial charge in [0.05, 0.1) is 12.7 Å². The van der Waals surface area contributed by atoms with Crippen LogP contribution >= 0.6 is 0 Å². The molecule has 0 spiro atoms. The number of ether oxygens (including phenoxy) is 2. The molecule has 2 N–H and O–H groups in total. The minimum Gasteiger partial charge on any atom is -0.376 e. The lowest BCUT2D eigenvalue weighted by Gasteiger charge is -2.07. The summed E-state index contributed by atoms with van der Waals surface area (Å²) in [5.74, 6) is -0.428. The van der Waals surface area contributed by atoms with Gasteiger partial charge >= 0.3 is 0 Å². The van der Waals surface area contributed by atoms with Crippen molar-refractivity contribution in [2.45, 2.75) is 18.9 Å². The fourth-order valence-corrected chi connectivity index (χ4v) is 1.07. The highest BCUT2D eigenvalue weighted by Gasteiger charge is 2.15. The van der Waals surface area contributed by atoms with E-state index in [0.29, 0.717) is 6.61 Å². The maximum absolute atomic E-state index is 10.2. The zero-order valence-electron chi connectivity index (χ0n) is 6.41. The molecule has 0 saturated carbocycles. The van der Waals surface area contributed by atoms with E-state index < -0.39 is 5.91 Å². The van der Waals surface area contributed by atoms with Gasteiger partial charge in [-0.3, -0.25) is 4.79 Å². The average molecular weight is 159 g/mol. The number of nitrogens with two attached hydrogens (primary N) is 1. The van der Waals surface area contributed by atoms with E-state index in [1.54, 1.807) is 0 Å². The topological polar surface area (TPSA) is 61.6 Å². The molecule has 1 fully saturated rings. The Labute approximate surface area is 65.7 Å². The molecule has 0 bridgehead atoms. The van der Waals surface area contributed by atoms with Crippen molar-refractivity contribution in [3.63, 3.8) is 0 Å². The van der Waals surface area contributed by atoms with Crippen molar-refractivity contribution in [2.75, 3.05) is 19.8 Å². The highest BCUT2D eigenvalue weighted by Crippen LogP contribution is 2.11.